The fourth-order valence-corrected chi connectivity index (χ4v) is 6.17. The van der Waals surface area contributed by atoms with Crippen LogP contribution in [0.3, 0.4) is 0 Å². The highest BCUT2D eigenvalue weighted by molar-refractivity contribution is 7.89. The summed E-state index contributed by atoms with van der Waals surface area (Å²) in [5, 5.41) is 0. The van der Waals surface area contributed by atoms with E-state index in [9.17, 15) is 13.2 Å². The normalized spacial score (nSPS) is 22.8. The van der Waals surface area contributed by atoms with Gasteiger partial charge in [-0.25, -0.2) is 8.42 Å². The van der Waals surface area contributed by atoms with Gasteiger partial charge in [0.25, 0.3) is 0 Å². The number of hydrogen-bond donors (Lipinski definition) is 0. The van der Waals surface area contributed by atoms with Crippen LogP contribution in [0.1, 0.15) is 36.8 Å². The highest BCUT2D eigenvalue weighted by Gasteiger charge is 2.34. The molecule has 28 heavy (non-hydrogen) atoms. The van der Waals surface area contributed by atoms with Crippen molar-refractivity contribution in [1.82, 2.24) is 14.1 Å². The van der Waals surface area contributed by atoms with E-state index in [0.29, 0.717) is 30.8 Å². The molecule has 0 N–H and O–H groups in total. The van der Waals surface area contributed by atoms with Crippen LogP contribution in [0.4, 0.5) is 0 Å². The zero-order chi connectivity index (χ0) is 19.7. The number of piperazine rings is 1. The number of carbonyl (C=O) groups excluding carboxylic acids is 1. The SMILES string of the molecule is CN1CCN(C(=O)C2CCN(S(=O)(=O)c3ccc4c(c3)CCCC4)CC2)CC1. The number of nitrogens with zero attached hydrogens (tertiary/aromatic N) is 3. The zero-order valence-corrected chi connectivity index (χ0v) is 17.6. The average Bonchev–Trinajstić information content (AvgIpc) is 2.73. The largest absolute Gasteiger partial charge is 0.340 e. The van der Waals surface area contributed by atoms with Gasteiger partial charge in [0.05, 0.1) is 4.90 Å². The molecule has 3 aliphatic rings. The van der Waals surface area contributed by atoms with Gasteiger partial charge in [0.1, 0.15) is 0 Å². The molecule has 1 aromatic carbocycles. The van der Waals surface area contributed by atoms with Crippen molar-refractivity contribution in [2.24, 2.45) is 5.92 Å². The van der Waals surface area contributed by atoms with Gasteiger partial charge in [-0.2, -0.15) is 4.31 Å². The van der Waals surface area contributed by atoms with Crippen molar-refractivity contribution >= 4 is 15.9 Å². The smallest absolute Gasteiger partial charge is 0.243 e. The standard InChI is InChI=1S/C21H31N3O3S/c1-22-12-14-23(15-13-22)21(25)18-8-10-24(11-9-18)28(26,27)20-7-6-17-4-2-3-5-19(17)16-20/h6-7,16,18H,2-5,8-15H2,1H3. The van der Waals surface area contributed by atoms with E-state index in [-0.39, 0.29) is 11.8 Å². The first kappa shape index (κ1) is 19.9. The summed E-state index contributed by atoms with van der Waals surface area (Å²) in [5.74, 6) is 0.164. The van der Waals surface area contributed by atoms with E-state index in [1.807, 2.05) is 17.0 Å². The summed E-state index contributed by atoms with van der Waals surface area (Å²) < 4.78 is 27.8. The molecule has 2 saturated heterocycles. The van der Waals surface area contributed by atoms with Crippen LogP contribution in [-0.2, 0) is 27.7 Å². The summed E-state index contributed by atoms with van der Waals surface area (Å²) in [7, 11) is -1.40. The maximum Gasteiger partial charge on any atom is 0.243 e. The predicted octanol–water partition coefficient (Wildman–Crippen LogP) is 1.74. The van der Waals surface area contributed by atoms with Crippen molar-refractivity contribution in [3.05, 3.63) is 29.3 Å². The Morgan fingerprint density at radius 1 is 0.929 bits per heavy atom. The molecule has 7 heteroatoms. The number of fused-ring (bicyclic) bond motifs is 1. The number of sulfonamides is 1. The molecular formula is C21H31N3O3S. The van der Waals surface area contributed by atoms with Gasteiger partial charge in [-0.05, 0) is 68.8 Å². The maximum atomic E-state index is 13.1. The molecule has 0 bridgehead atoms. The number of piperidine rings is 1. The Morgan fingerprint density at radius 3 is 2.25 bits per heavy atom. The van der Waals surface area contributed by atoms with Crippen molar-refractivity contribution in [3.63, 3.8) is 0 Å². The van der Waals surface area contributed by atoms with Crippen LogP contribution in [0.2, 0.25) is 0 Å². The molecule has 4 rings (SSSR count). The minimum absolute atomic E-state index is 0.0432. The monoisotopic (exact) mass is 405 g/mol. The summed E-state index contributed by atoms with van der Waals surface area (Å²) in [6, 6.07) is 5.64. The number of benzene rings is 1. The topological polar surface area (TPSA) is 60.9 Å². The van der Waals surface area contributed by atoms with Gasteiger partial charge in [0, 0.05) is 45.2 Å². The number of hydrogen-bond acceptors (Lipinski definition) is 4. The second kappa shape index (κ2) is 8.13. The first-order valence-electron chi connectivity index (χ1n) is 10.5. The lowest BCUT2D eigenvalue weighted by Gasteiger charge is -2.37. The number of aryl methyl sites for hydroxylation is 2. The summed E-state index contributed by atoms with van der Waals surface area (Å²) in [4.78, 5) is 17.4. The van der Waals surface area contributed by atoms with Gasteiger partial charge in [0.15, 0.2) is 0 Å². The lowest BCUT2D eigenvalue weighted by atomic mass is 9.92. The van der Waals surface area contributed by atoms with Crippen molar-refractivity contribution in [3.8, 4) is 0 Å². The molecule has 0 radical (unpaired) electrons. The Labute approximate surface area is 168 Å². The van der Waals surface area contributed by atoms with Crippen molar-refractivity contribution in [2.75, 3.05) is 46.3 Å². The fourth-order valence-electron chi connectivity index (χ4n) is 4.65. The van der Waals surface area contributed by atoms with E-state index in [0.717, 1.165) is 45.4 Å². The molecule has 2 heterocycles. The van der Waals surface area contributed by atoms with Crippen LogP contribution in [0.15, 0.2) is 23.1 Å². The van der Waals surface area contributed by atoms with Gasteiger partial charge in [0.2, 0.25) is 15.9 Å². The summed E-state index contributed by atoms with van der Waals surface area (Å²) in [5.41, 5.74) is 2.48. The third kappa shape index (κ3) is 3.98. The molecule has 2 aliphatic heterocycles. The molecule has 0 atom stereocenters. The summed E-state index contributed by atoms with van der Waals surface area (Å²) in [6.45, 7) is 4.26. The Balaban J connectivity index is 1.39. The molecule has 1 aliphatic carbocycles. The Kier molecular flexibility index (Phi) is 5.76. The molecule has 0 saturated carbocycles. The van der Waals surface area contributed by atoms with Gasteiger partial charge < -0.3 is 9.80 Å². The van der Waals surface area contributed by atoms with Crippen LogP contribution in [0.5, 0.6) is 0 Å². The van der Waals surface area contributed by atoms with E-state index in [1.54, 1.807) is 10.4 Å². The Morgan fingerprint density at radius 2 is 1.57 bits per heavy atom. The Hall–Kier alpha value is -1.44. The van der Waals surface area contributed by atoms with Gasteiger partial charge in [-0.3, -0.25) is 4.79 Å². The first-order valence-corrected chi connectivity index (χ1v) is 12.0. The second-order valence-corrected chi connectivity index (χ2v) is 10.4. The minimum Gasteiger partial charge on any atom is -0.340 e. The van der Waals surface area contributed by atoms with Crippen LogP contribution >= 0.6 is 0 Å². The molecule has 0 unspecified atom stereocenters. The second-order valence-electron chi connectivity index (χ2n) is 8.44. The van der Waals surface area contributed by atoms with E-state index in [1.165, 1.54) is 17.5 Å². The molecule has 1 amide bonds. The zero-order valence-electron chi connectivity index (χ0n) is 16.8. The van der Waals surface area contributed by atoms with Crippen molar-refractivity contribution in [2.45, 2.75) is 43.4 Å². The summed E-state index contributed by atoms with van der Waals surface area (Å²) in [6.07, 6.45) is 5.59. The molecule has 6 nitrogen and oxygen atoms in total. The molecule has 154 valence electrons. The van der Waals surface area contributed by atoms with Crippen LogP contribution in [0, 0.1) is 5.92 Å². The maximum absolute atomic E-state index is 13.1. The van der Waals surface area contributed by atoms with Crippen LogP contribution in [-0.4, -0.2) is 74.7 Å². The van der Waals surface area contributed by atoms with Crippen LogP contribution in [0.25, 0.3) is 0 Å². The summed E-state index contributed by atoms with van der Waals surface area (Å²) >= 11 is 0. The lowest BCUT2D eigenvalue weighted by Crippen LogP contribution is -2.50. The fraction of sp³-hybridized carbons (Fsp3) is 0.667. The van der Waals surface area contributed by atoms with Gasteiger partial charge in [-0.15, -0.1) is 0 Å². The number of amides is 1. The first-order chi connectivity index (χ1) is 13.4. The minimum atomic E-state index is -3.48. The average molecular weight is 406 g/mol. The quantitative estimate of drug-likeness (QED) is 0.769. The number of carbonyl (C=O) groups is 1. The molecule has 1 aromatic rings. The third-order valence-corrected chi connectivity index (χ3v) is 8.47. The molecule has 0 spiro atoms. The van der Waals surface area contributed by atoms with Crippen LogP contribution < -0.4 is 0 Å². The molecule has 0 aromatic heterocycles. The number of rotatable bonds is 3. The van der Waals surface area contributed by atoms with E-state index in [4.69, 9.17) is 0 Å². The van der Waals surface area contributed by atoms with Crippen molar-refractivity contribution in [1.29, 1.82) is 0 Å². The highest BCUT2D eigenvalue weighted by atomic mass is 32.2. The van der Waals surface area contributed by atoms with E-state index >= 15 is 0 Å². The third-order valence-electron chi connectivity index (χ3n) is 6.58. The molecular weight excluding hydrogens is 374 g/mol. The Bertz CT molecular complexity index is 823. The highest BCUT2D eigenvalue weighted by Crippen LogP contribution is 2.28. The van der Waals surface area contributed by atoms with Gasteiger partial charge >= 0.3 is 0 Å². The lowest BCUT2D eigenvalue weighted by molar-refractivity contribution is -0.138. The van der Waals surface area contributed by atoms with Gasteiger partial charge in [-0.1, -0.05) is 6.07 Å². The van der Waals surface area contributed by atoms with E-state index < -0.39 is 10.0 Å². The molecule has 2 fully saturated rings. The van der Waals surface area contributed by atoms with Crippen molar-refractivity contribution < 1.29 is 13.2 Å². The number of likely N-dealkylation sites (N-methyl/N-ethyl adjacent to an activating group) is 1. The predicted molar refractivity (Wildman–Crippen MR) is 109 cm³/mol. The van der Waals surface area contributed by atoms with E-state index in [2.05, 4.69) is 11.9 Å².